The van der Waals surface area contributed by atoms with E-state index in [0.29, 0.717) is 17.3 Å². The number of hydrogen-bond acceptors (Lipinski definition) is 4. The molecule has 2 aromatic rings. The number of hydrogen-bond donors (Lipinski definition) is 1. The van der Waals surface area contributed by atoms with Gasteiger partial charge in [0.25, 0.3) is 5.56 Å². The highest BCUT2D eigenvalue weighted by molar-refractivity contribution is 6.30. The Morgan fingerprint density at radius 2 is 2.05 bits per heavy atom. The lowest BCUT2D eigenvalue weighted by Crippen LogP contribution is -2.25. The van der Waals surface area contributed by atoms with E-state index in [0.717, 1.165) is 13.1 Å². The zero-order chi connectivity index (χ0) is 14.0. The SMILES string of the molecule is CCN(CC)Cc1cc(=O)n2cc(Cl)cc(O)c2n1. The summed E-state index contributed by atoms with van der Waals surface area (Å²) in [6.45, 7) is 6.44. The molecule has 0 radical (unpaired) electrons. The van der Waals surface area contributed by atoms with Crippen LogP contribution in [0.4, 0.5) is 0 Å². The summed E-state index contributed by atoms with van der Waals surface area (Å²) in [5, 5.41) is 10.1. The Morgan fingerprint density at radius 1 is 1.37 bits per heavy atom. The average molecular weight is 282 g/mol. The van der Waals surface area contributed by atoms with Gasteiger partial charge in [0.05, 0.1) is 10.7 Å². The van der Waals surface area contributed by atoms with Gasteiger partial charge in [-0.25, -0.2) is 4.98 Å². The smallest absolute Gasteiger partial charge is 0.258 e. The van der Waals surface area contributed by atoms with Gasteiger partial charge in [-0.3, -0.25) is 14.1 Å². The molecule has 2 heterocycles. The highest BCUT2D eigenvalue weighted by Crippen LogP contribution is 2.20. The van der Waals surface area contributed by atoms with Crippen LogP contribution in [-0.2, 0) is 6.54 Å². The van der Waals surface area contributed by atoms with Crippen LogP contribution in [0, 0.1) is 0 Å². The van der Waals surface area contributed by atoms with Gasteiger partial charge >= 0.3 is 0 Å². The van der Waals surface area contributed by atoms with Crippen molar-refractivity contribution in [2.24, 2.45) is 0 Å². The molecule has 5 nitrogen and oxygen atoms in total. The highest BCUT2D eigenvalue weighted by atomic mass is 35.5. The molecule has 2 aromatic heterocycles. The zero-order valence-electron chi connectivity index (χ0n) is 10.9. The van der Waals surface area contributed by atoms with Gasteiger partial charge < -0.3 is 5.11 Å². The fraction of sp³-hybridized carbons (Fsp3) is 0.385. The van der Waals surface area contributed by atoms with Gasteiger partial charge in [0.15, 0.2) is 11.4 Å². The molecule has 0 aromatic carbocycles. The number of aromatic nitrogens is 2. The lowest BCUT2D eigenvalue weighted by Gasteiger charge is -2.17. The summed E-state index contributed by atoms with van der Waals surface area (Å²) in [7, 11) is 0. The second-order valence-corrected chi connectivity index (χ2v) is 4.72. The third-order valence-electron chi connectivity index (χ3n) is 3.04. The number of halogens is 1. The van der Waals surface area contributed by atoms with Crippen LogP contribution >= 0.6 is 11.6 Å². The van der Waals surface area contributed by atoms with Crippen molar-refractivity contribution in [3.8, 4) is 5.75 Å². The van der Waals surface area contributed by atoms with Crippen LogP contribution in [0.15, 0.2) is 23.1 Å². The molecule has 0 fully saturated rings. The third-order valence-corrected chi connectivity index (χ3v) is 3.25. The summed E-state index contributed by atoms with van der Waals surface area (Å²) in [6.07, 6.45) is 1.45. The first kappa shape index (κ1) is 13.8. The molecule has 0 unspecified atom stereocenters. The Bertz CT molecular complexity index is 650. The molecule has 19 heavy (non-hydrogen) atoms. The van der Waals surface area contributed by atoms with Crippen LogP contribution in [0.1, 0.15) is 19.5 Å². The van der Waals surface area contributed by atoms with E-state index in [4.69, 9.17) is 11.6 Å². The van der Waals surface area contributed by atoms with Crippen LogP contribution in [0.3, 0.4) is 0 Å². The highest BCUT2D eigenvalue weighted by Gasteiger charge is 2.09. The van der Waals surface area contributed by atoms with Gasteiger partial charge in [0, 0.05) is 24.9 Å². The average Bonchev–Trinajstić information content (AvgIpc) is 2.37. The molecule has 0 aliphatic rings. The van der Waals surface area contributed by atoms with E-state index in [1.54, 1.807) is 0 Å². The van der Waals surface area contributed by atoms with E-state index in [9.17, 15) is 9.90 Å². The van der Waals surface area contributed by atoms with Crippen LogP contribution in [0.25, 0.3) is 5.65 Å². The van der Waals surface area contributed by atoms with E-state index >= 15 is 0 Å². The van der Waals surface area contributed by atoms with Crippen molar-refractivity contribution in [1.29, 1.82) is 0 Å². The van der Waals surface area contributed by atoms with E-state index in [-0.39, 0.29) is 17.0 Å². The van der Waals surface area contributed by atoms with E-state index < -0.39 is 0 Å². The number of aromatic hydroxyl groups is 1. The predicted molar refractivity (Wildman–Crippen MR) is 74.8 cm³/mol. The molecule has 0 saturated heterocycles. The molecular formula is C13H16ClN3O2. The van der Waals surface area contributed by atoms with Crippen molar-refractivity contribution in [2.45, 2.75) is 20.4 Å². The first-order chi connectivity index (χ1) is 9.05. The minimum atomic E-state index is -0.245. The second kappa shape index (κ2) is 5.59. The summed E-state index contributed by atoms with van der Waals surface area (Å²) in [6, 6.07) is 2.85. The molecule has 0 aliphatic heterocycles. The van der Waals surface area contributed by atoms with Crippen molar-refractivity contribution < 1.29 is 5.11 Å². The zero-order valence-corrected chi connectivity index (χ0v) is 11.7. The Labute approximate surface area is 116 Å². The lowest BCUT2D eigenvalue weighted by molar-refractivity contribution is 0.292. The minimum absolute atomic E-state index is 0.0917. The Balaban J connectivity index is 2.52. The number of pyridine rings is 1. The molecule has 0 saturated carbocycles. The Kier molecular flexibility index (Phi) is 4.07. The first-order valence-corrected chi connectivity index (χ1v) is 6.56. The van der Waals surface area contributed by atoms with Gasteiger partial charge in [-0.2, -0.15) is 0 Å². The number of rotatable bonds is 4. The molecule has 1 N–H and O–H groups in total. The van der Waals surface area contributed by atoms with Crippen molar-refractivity contribution in [3.05, 3.63) is 39.4 Å². The van der Waals surface area contributed by atoms with Gasteiger partial charge in [-0.05, 0) is 13.1 Å². The summed E-state index contributed by atoms with van der Waals surface area (Å²) in [5.74, 6) is -0.0917. The quantitative estimate of drug-likeness (QED) is 0.930. The lowest BCUT2D eigenvalue weighted by atomic mass is 10.3. The molecule has 2 rings (SSSR count). The maximum absolute atomic E-state index is 12.0. The van der Waals surface area contributed by atoms with Crippen LogP contribution < -0.4 is 5.56 Å². The van der Waals surface area contributed by atoms with Gasteiger partial charge in [-0.1, -0.05) is 25.4 Å². The topological polar surface area (TPSA) is 57.8 Å². The number of fused-ring (bicyclic) bond motifs is 1. The minimum Gasteiger partial charge on any atom is -0.504 e. The molecule has 0 aliphatic carbocycles. The molecule has 6 heteroatoms. The first-order valence-electron chi connectivity index (χ1n) is 6.18. The molecule has 0 amide bonds. The van der Waals surface area contributed by atoms with Crippen LogP contribution in [0.5, 0.6) is 5.75 Å². The third kappa shape index (κ3) is 2.88. The second-order valence-electron chi connectivity index (χ2n) is 4.28. The van der Waals surface area contributed by atoms with Gasteiger partial charge in [0.2, 0.25) is 0 Å². The molecule has 0 bridgehead atoms. The van der Waals surface area contributed by atoms with Crippen molar-refractivity contribution in [1.82, 2.24) is 14.3 Å². The predicted octanol–water partition coefficient (Wildman–Crippen LogP) is 1.90. The molecule has 0 atom stereocenters. The normalized spacial score (nSPS) is 11.4. The monoisotopic (exact) mass is 281 g/mol. The molecular weight excluding hydrogens is 266 g/mol. The Hall–Kier alpha value is -1.59. The van der Waals surface area contributed by atoms with E-state index in [1.165, 1.54) is 22.7 Å². The summed E-state index contributed by atoms with van der Waals surface area (Å²) >= 11 is 5.81. The van der Waals surface area contributed by atoms with Crippen LogP contribution in [0.2, 0.25) is 5.02 Å². The van der Waals surface area contributed by atoms with Crippen molar-refractivity contribution in [3.63, 3.8) is 0 Å². The number of nitrogens with zero attached hydrogens (tertiary/aromatic N) is 3. The standard InChI is InChI=1S/C13H16ClN3O2/c1-3-16(4-2)8-10-6-12(19)17-7-9(14)5-11(18)13(17)15-10/h5-7,18H,3-4,8H2,1-2H3. The fourth-order valence-corrected chi connectivity index (χ4v) is 2.16. The molecule has 102 valence electrons. The maximum atomic E-state index is 12.0. The van der Waals surface area contributed by atoms with Crippen molar-refractivity contribution in [2.75, 3.05) is 13.1 Å². The summed E-state index contributed by atoms with van der Waals surface area (Å²) in [4.78, 5) is 18.5. The fourth-order valence-electron chi connectivity index (χ4n) is 1.96. The van der Waals surface area contributed by atoms with Crippen LogP contribution in [-0.4, -0.2) is 32.5 Å². The van der Waals surface area contributed by atoms with Gasteiger partial charge in [-0.15, -0.1) is 0 Å². The largest absolute Gasteiger partial charge is 0.504 e. The van der Waals surface area contributed by atoms with Crippen molar-refractivity contribution >= 4 is 17.2 Å². The molecule has 0 spiro atoms. The summed E-state index contributed by atoms with van der Waals surface area (Å²) < 4.78 is 1.25. The summed E-state index contributed by atoms with van der Waals surface area (Å²) in [5.41, 5.74) is 0.635. The maximum Gasteiger partial charge on any atom is 0.258 e. The van der Waals surface area contributed by atoms with Gasteiger partial charge in [0.1, 0.15) is 0 Å². The van der Waals surface area contributed by atoms with E-state index in [1.807, 2.05) is 0 Å². The Morgan fingerprint density at radius 3 is 2.68 bits per heavy atom. The van der Waals surface area contributed by atoms with E-state index in [2.05, 4.69) is 23.7 Å².